The Morgan fingerprint density at radius 2 is 2.12 bits per heavy atom. The number of benzene rings is 1. The van der Waals surface area contributed by atoms with E-state index in [1.807, 2.05) is 6.92 Å². The van der Waals surface area contributed by atoms with Gasteiger partial charge in [0.25, 0.3) is 0 Å². The number of rotatable bonds is 5. The molecule has 3 rings (SSSR count). The van der Waals surface area contributed by atoms with Gasteiger partial charge in [0.05, 0.1) is 18.4 Å². The smallest absolute Gasteiger partial charge is 0.306 e. The van der Waals surface area contributed by atoms with E-state index in [4.69, 9.17) is 4.74 Å². The van der Waals surface area contributed by atoms with Crippen molar-refractivity contribution in [1.29, 1.82) is 0 Å². The summed E-state index contributed by atoms with van der Waals surface area (Å²) < 4.78 is 7.44. The summed E-state index contributed by atoms with van der Waals surface area (Å²) >= 11 is 0. The maximum absolute atomic E-state index is 11.6. The van der Waals surface area contributed by atoms with Crippen LogP contribution in [0.25, 0.3) is 6.08 Å². The van der Waals surface area contributed by atoms with Crippen molar-refractivity contribution in [2.45, 2.75) is 58.8 Å². The largest absolute Gasteiger partial charge is 0.466 e. The molecule has 0 saturated heterocycles. The first-order chi connectivity index (χ1) is 11.5. The molecule has 0 unspecified atom stereocenters. The zero-order valence-corrected chi connectivity index (χ0v) is 15.3. The highest BCUT2D eigenvalue weighted by Gasteiger charge is 2.44. The molecule has 3 nitrogen and oxygen atoms in total. The van der Waals surface area contributed by atoms with E-state index in [1.165, 1.54) is 28.1 Å². The number of allylic oxidation sites excluding steroid dienone is 1. The lowest BCUT2D eigenvalue weighted by Gasteiger charge is -2.21. The molecule has 0 amide bonds. The molecule has 0 aromatic heterocycles. The van der Waals surface area contributed by atoms with E-state index < -0.39 is 0 Å². The van der Waals surface area contributed by atoms with Gasteiger partial charge in [-0.15, -0.1) is 0 Å². The van der Waals surface area contributed by atoms with Gasteiger partial charge in [0.2, 0.25) is 5.69 Å². The van der Waals surface area contributed by atoms with Crippen molar-refractivity contribution in [2.24, 2.45) is 0 Å². The van der Waals surface area contributed by atoms with E-state index in [2.05, 4.69) is 49.6 Å². The molecule has 24 heavy (non-hydrogen) atoms. The monoisotopic (exact) mass is 326 g/mol. The van der Waals surface area contributed by atoms with E-state index >= 15 is 0 Å². The fraction of sp³-hybridized carbons (Fsp3) is 0.524. The highest BCUT2D eigenvalue weighted by molar-refractivity contribution is 5.95. The van der Waals surface area contributed by atoms with Gasteiger partial charge >= 0.3 is 5.97 Å². The van der Waals surface area contributed by atoms with Crippen LogP contribution in [0.5, 0.6) is 0 Å². The summed E-state index contributed by atoms with van der Waals surface area (Å²) in [5, 5.41) is 0. The van der Waals surface area contributed by atoms with Crippen LogP contribution in [0.15, 0.2) is 18.2 Å². The fourth-order valence-electron chi connectivity index (χ4n) is 3.98. The molecule has 2 aliphatic rings. The van der Waals surface area contributed by atoms with Gasteiger partial charge < -0.3 is 4.74 Å². The van der Waals surface area contributed by atoms with E-state index in [1.54, 1.807) is 0 Å². The zero-order valence-electron chi connectivity index (χ0n) is 15.3. The SMILES string of the molecule is CCOC(=O)CCC[N+]1=C(C)C(C)(C)c2c1ccc1c2C=CCC1. The first kappa shape index (κ1) is 16.9. The summed E-state index contributed by atoms with van der Waals surface area (Å²) in [4.78, 5) is 11.6. The summed E-state index contributed by atoms with van der Waals surface area (Å²) in [6.07, 6.45) is 8.17. The normalized spacial score (nSPS) is 17.7. The molecule has 0 spiro atoms. The minimum absolute atomic E-state index is 0.0340. The molecule has 1 aromatic carbocycles. The third-order valence-corrected chi connectivity index (χ3v) is 5.47. The van der Waals surface area contributed by atoms with E-state index in [9.17, 15) is 4.79 Å². The minimum Gasteiger partial charge on any atom is -0.466 e. The van der Waals surface area contributed by atoms with Crippen LogP contribution in [0.2, 0.25) is 0 Å². The van der Waals surface area contributed by atoms with Gasteiger partial charge in [-0.1, -0.05) is 18.2 Å². The molecule has 0 N–H and O–H groups in total. The molecular weight excluding hydrogens is 298 g/mol. The molecule has 3 heteroatoms. The lowest BCUT2D eigenvalue weighted by Crippen LogP contribution is -2.27. The molecule has 0 atom stereocenters. The van der Waals surface area contributed by atoms with Crippen LogP contribution in [0.1, 0.15) is 63.6 Å². The maximum Gasteiger partial charge on any atom is 0.306 e. The Morgan fingerprint density at radius 3 is 2.88 bits per heavy atom. The minimum atomic E-state index is -0.0952. The second-order valence-electron chi connectivity index (χ2n) is 7.24. The Bertz CT molecular complexity index is 726. The second kappa shape index (κ2) is 6.54. The van der Waals surface area contributed by atoms with Gasteiger partial charge in [-0.25, -0.2) is 0 Å². The lowest BCUT2D eigenvalue weighted by molar-refractivity contribution is -0.439. The van der Waals surface area contributed by atoms with Gasteiger partial charge in [0.1, 0.15) is 6.54 Å². The third-order valence-electron chi connectivity index (χ3n) is 5.47. The molecule has 1 aliphatic heterocycles. The van der Waals surface area contributed by atoms with Crippen LogP contribution >= 0.6 is 0 Å². The van der Waals surface area contributed by atoms with Gasteiger partial charge in [-0.05, 0) is 44.7 Å². The number of aryl methyl sites for hydroxylation is 1. The van der Waals surface area contributed by atoms with Crippen molar-refractivity contribution in [3.05, 3.63) is 34.9 Å². The predicted octanol–water partition coefficient (Wildman–Crippen LogP) is 4.39. The predicted molar refractivity (Wildman–Crippen MR) is 98.2 cm³/mol. The Kier molecular flexibility index (Phi) is 4.62. The molecule has 0 bridgehead atoms. The van der Waals surface area contributed by atoms with Crippen molar-refractivity contribution < 1.29 is 14.1 Å². The van der Waals surface area contributed by atoms with Gasteiger partial charge in [0.15, 0.2) is 5.71 Å². The summed E-state index contributed by atoms with van der Waals surface area (Å²) in [7, 11) is 0. The first-order valence-corrected chi connectivity index (χ1v) is 9.07. The molecule has 1 aromatic rings. The number of nitrogens with zero attached hydrogens (tertiary/aromatic N) is 1. The molecule has 0 fully saturated rings. The topological polar surface area (TPSA) is 29.3 Å². The van der Waals surface area contributed by atoms with Crippen molar-refractivity contribution in [3.8, 4) is 0 Å². The molecule has 0 radical (unpaired) electrons. The summed E-state index contributed by atoms with van der Waals surface area (Å²) in [6, 6.07) is 4.56. The molecular formula is C21H28NO2+. The number of carbonyl (C=O) groups is 1. The molecule has 128 valence electrons. The van der Waals surface area contributed by atoms with Crippen LogP contribution in [-0.4, -0.2) is 29.4 Å². The summed E-state index contributed by atoms with van der Waals surface area (Å²) in [6.45, 7) is 10.0. The van der Waals surface area contributed by atoms with Gasteiger partial charge in [0, 0.05) is 25.0 Å². The van der Waals surface area contributed by atoms with Crippen molar-refractivity contribution in [1.82, 2.24) is 0 Å². The molecule has 1 heterocycles. The van der Waals surface area contributed by atoms with Crippen LogP contribution in [0.3, 0.4) is 0 Å². The molecule has 1 aliphatic carbocycles. The summed E-state index contributed by atoms with van der Waals surface area (Å²) in [5.74, 6) is -0.0952. The van der Waals surface area contributed by atoms with Gasteiger partial charge in [-0.3, -0.25) is 4.79 Å². The number of hydrogen-bond acceptors (Lipinski definition) is 2. The first-order valence-electron chi connectivity index (χ1n) is 9.07. The van der Waals surface area contributed by atoms with Crippen molar-refractivity contribution >= 4 is 23.4 Å². The van der Waals surface area contributed by atoms with Crippen LogP contribution in [0, 0.1) is 0 Å². The average molecular weight is 326 g/mol. The van der Waals surface area contributed by atoms with E-state index in [0.717, 1.165) is 25.8 Å². The van der Waals surface area contributed by atoms with Crippen molar-refractivity contribution in [3.63, 3.8) is 0 Å². The zero-order chi connectivity index (χ0) is 17.3. The summed E-state index contributed by atoms with van der Waals surface area (Å²) in [5.41, 5.74) is 7.04. The maximum atomic E-state index is 11.6. The Hall–Kier alpha value is -1.90. The number of fused-ring (bicyclic) bond motifs is 3. The van der Waals surface area contributed by atoms with E-state index in [0.29, 0.717) is 13.0 Å². The Balaban J connectivity index is 1.89. The Morgan fingerprint density at radius 1 is 1.33 bits per heavy atom. The Labute approximate surface area is 145 Å². The van der Waals surface area contributed by atoms with Crippen molar-refractivity contribution in [2.75, 3.05) is 13.2 Å². The fourth-order valence-corrected chi connectivity index (χ4v) is 3.98. The van der Waals surface area contributed by atoms with Gasteiger partial charge in [-0.2, -0.15) is 4.58 Å². The van der Waals surface area contributed by atoms with E-state index in [-0.39, 0.29) is 11.4 Å². The molecule has 0 saturated carbocycles. The second-order valence-corrected chi connectivity index (χ2v) is 7.24. The standard InChI is InChI=1S/C21H28NO2/c1-5-24-19(23)11-8-14-22-15(2)21(3,4)20-17-10-7-6-9-16(17)12-13-18(20)22/h7,10,12-13H,5-6,8-9,11,14H2,1-4H3/q+1. The number of hydrogen-bond donors (Lipinski definition) is 0. The quantitative estimate of drug-likeness (QED) is 0.593. The third kappa shape index (κ3) is 2.81. The van der Waals surface area contributed by atoms with Crippen LogP contribution in [-0.2, 0) is 21.4 Å². The lowest BCUT2D eigenvalue weighted by atomic mass is 9.77. The average Bonchev–Trinajstić information content (AvgIpc) is 2.76. The van der Waals surface area contributed by atoms with Crippen LogP contribution in [0.4, 0.5) is 5.69 Å². The highest BCUT2D eigenvalue weighted by atomic mass is 16.5. The number of carbonyl (C=O) groups excluding carboxylic acids is 1. The van der Waals surface area contributed by atoms with Crippen LogP contribution < -0.4 is 0 Å². The number of ether oxygens (including phenoxy) is 1. The number of esters is 1. The highest BCUT2D eigenvalue weighted by Crippen LogP contribution is 2.44.